The molecule has 0 saturated carbocycles. The zero-order valence-corrected chi connectivity index (χ0v) is 18.2. The van der Waals surface area contributed by atoms with Crippen LogP contribution < -0.4 is 11.1 Å². The number of nitrogens with two attached hydrogens (primary N) is 1. The van der Waals surface area contributed by atoms with E-state index in [1.807, 2.05) is 84.2 Å². The first-order valence-corrected chi connectivity index (χ1v) is 11.3. The smallest absolute Gasteiger partial charge is 0.244 e. The van der Waals surface area contributed by atoms with Gasteiger partial charge in [0.1, 0.15) is 5.25 Å². The Morgan fingerprint density at radius 3 is 2.43 bits per heavy atom. The van der Waals surface area contributed by atoms with E-state index in [4.69, 9.17) is 17.3 Å². The highest BCUT2D eigenvalue weighted by molar-refractivity contribution is 8.00. The first-order valence-electron chi connectivity index (χ1n) is 9.18. The number of benzene rings is 3. The number of hydrogen-bond acceptors (Lipinski definition) is 5. The number of carbonyl (C=O) groups excluding carboxylic acids is 1. The minimum absolute atomic E-state index is 0.136. The molecule has 0 aliphatic rings. The topological polar surface area (TPSA) is 68.0 Å². The lowest BCUT2D eigenvalue weighted by atomic mass is 10.1. The summed E-state index contributed by atoms with van der Waals surface area (Å²) in [7, 11) is 0. The number of thiazole rings is 1. The molecule has 3 aromatic carbocycles. The zero-order valence-electron chi connectivity index (χ0n) is 15.8. The van der Waals surface area contributed by atoms with Crippen molar-refractivity contribution in [3.05, 3.63) is 94.8 Å². The molecule has 150 valence electrons. The number of rotatable bonds is 6. The minimum Gasteiger partial charge on any atom is -0.399 e. The Kier molecular flexibility index (Phi) is 6.38. The summed E-state index contributed by atoms with van der Waals surface area (Å²) >= 11 is 9.12. The summed E-state index contributed by atoms with van der Waals surface area (Å²) < 4.78 is 0. The highest BCUT2D eigenvalue weighted by Gasteiger charge is 2.23. The molecule has 1 aromatic heterocycles. The molecule has 30 heavy (non-hydrogen) atoms. The fourth-order valence-electron chi connectivity index (χ4n) is 2.88. The number of aromatic nitrogens is 1. The molecule has 1 atom stereocenters. The molecule has 4 rings (SSSR count). The van der Waals surface area contributed by atoms with Crippen molar-refractivity contribution in [2.45, 2.75) is 10.1 Å². The molecule has 0 bridgehead atoms. The van der Waals surface area contributed by atoms with E-state index in [0.29, 0.717) is 15.8 Å². The van der Waals surface area contributed by atoms with Gasteiger partial charge in [0.25, 0.3) is 0 Å². The van der Waals surface area contributed by atoms with Crippen molar-refractivity contribution in [2.24, 2.45) is 0 Å². The van der Waals surface area contributed by atoms with Gasteiger partial charge in [0.15, 0.2) is 5.13 Å². The molecule has 1 amide bonds. The van der Waals surface area contributed by atoms with Gasteiger partial charge in [-0.3, -0.25) is 4.79 Å². The maximum absolute atomic E-state index is 13.2. The quantitative estimate of drug-likeness (QED) is 0.258. The monoisotopic (exact) mass is 451 g/mol. The Balaban J connectivity index is 1.56. The van der Waals surface area contributed by atoms with E-state index in [2.05, 4.69) is 10.3 Å². The summed E-state index contributed by atoms with van der Waals surface area (Å²) in [5, 5.41) is 5.59. The predicted octanol–water partition coefficient (Wildman–Crippen LogP) is 6.52. The number of amides is 1. The number of carbonyl (C=O) groups is 1. The zero-order chi connectivity index (χ0) is 20.9. The second-order valence-electron chi connectivity index (χ2n) is 6.48. The largest absolute Gasteiger partial charge is 0.399 e. The molecule has 4 nitrogen and oxygen atoms in total. The third-order valence-electron chi connectivity index (χ3n) is 4.36. The average molecular weight is 452 g/mol. The van der Waals surface area contributed by atoms with E-state index in [1.54, 1.807) is 0 Å². The van der Waals surface area contributed by atoms with Crippen LogP contribution in [0.15, 0.2) is 89.1 Å². The molecule has 0 aliphatic carbocycles. The van der Waals surface area contributed by atoms with Gasteiger partial charge in [-0.25, -0.2) is 4.98 Å². The molecule has 0 saturated heterocycles. The van der Waals surface area contributed by atoms with Gasteiger partial charge < -0.3 is 11.1 Å². The van der Waals surface area contributed by atoms with Crippen LogP contribution in [0, 0.1) is 0 Å². The molecular weight excluding hydrogens is 434 g/mol. The van der Waals surface area contributed by atoms with Gasteiger partial charge in [-0.15, -0.1) is 23.1 Å². The van der Waals surface area contributed by atoms with Crippen molar-refractivity contribution in [3.8, 4) is 11.3 Å². The van der Waals surface area contributed by atoms with Gasteiger partial charge in [0.2, 0.25) is 5.91 Å². The van der Waals surface area contributed by atoms with Gasteiger partial charge in [0, 0.05) is 26.5 Å². The van der Waals surface area contributed by atoms with Crippen LogP contribution in [0.3, 0.4) is 0 Å². The van der Waals surface area contributed by atoms with Gasteiger partial charge in [-0.2, -0.15) is 0 Å². The van der Waals surface area contributed by atoms with Crippen molar-refractivity contribution in [2.75, 3.05) is 11.1 Å². The molecule has 3 N–H and O–H groups in total. The van der Waals surface area contributed by atoms with Crippen LogP contribution in [0.2, 0.25) is 5.02 Å². The number of thioether (sulfide) groups is 1. The van der Waals surface area contributed by atoms with Crippen molar-refractivity contribution in [3.63, 3.8) is 0 Å². The number of anilines is 2. The second-order valence-corrected chi connectivity index (χ2v) is 8.93. The lowest BCUT2D eigenvalue weighted by molar-refractivity contribution is -0.115. The lowest BCUT2D eigenvalue weighted by Gasteiger charge is -2.16. The van der Waals surface area contributed by atoms with Crippen LogP contribution in [0.4, 0.5) is 10.8 Å². The van der Waals surface area contributed by atoms with E-state index in [0.717, 1.165) is 21.7 Å². The lowest BCUT2D eigenvalue weighted by Crippen LogP contribution is -2.18. The highest BCUT2D eigenvalue weighted by Crippen LogP contribution is 2.37. The van der Waals surface area contributed by atoms with E-state index in [1.165, 1.54) is 23.1 Å². The van der Waals surface area contributed by atoms with E-state index >= 15 is 0 Å². The first-order chi connectivity index (χ1) is 14.6. The summed E-state index contributed by atoms with van der Waals surface area (Å²) in [6.07, 6.45) is 0. The molecule has 0 aliphatic heterocycles. The number of nitrogen functional groups attached to an aromatic ring is 1. The van der Waals surface area contributed by atoms with Crippen LogP contribution >= 0.6 is 34.7 Å². The molecule has 4 aromatic rings. The van der Waals surface area contributed by atoms with E-state index < -0.39 is 5.25 Å². The Hall–Kier alpha value is -2.80. The number of nitrogens with one attached hydrogen (secondary N) is 1. The molecule has 0 fully saturated rings. The van der Waals surface area contributed by atoms with Crippen LogP contribution in [-0.4, -0.2) is 10.9 Å². The fourth-order valence-corrected chi connectivity index (χ4v) is 4.85. The van der Waals surface area contributed by atoms with Gasteiger partial charge >= 0.3 is 0 Å². The molecule has 1 heterocycles. The summed E-state index contributed by atoms with van der Waals surface area (Å²) in [4.78, 5) is 18.7. The first kappa shape index (κ1) is 20.5. The van der Waals surface area contributed by atoms with Crippen molar-refractivity contribution >= 4 is 51.4 Å². The average Bonchev–Trinajstić information content (AvgIpc) is 3.22. The van der Waals surface area contributed by atoms with Gasteiger partial charge in [0.05, 0.1) is 5.69 Å². The van der Waals surface area contributed by atoms with Crippen molar-refractivity contribution in [1.29, 1.82) is 0 Å². The molecule has 0 spiro atoms. The van der Waals surface area contributed by atoms with Gasteiger partial charge in [-0.1, -0.05) is 60.1 Å². The number of hydrogen-bond donors (Lipinski definition) is 2. The Morgan fingerprint density at radius 2 is 1.70 bits per heavy atom. The normalized spacial score (nSPS) is 11.8. The van der Waals surface area contributed by atoms with Crippen LogP contribution in [0.1, 0.15) is 10.8 Å². The van der Waals surface area contributed by atoms with Crippen molar-refractivity contribution in [1.82, 2.24) is 4.98 Å². The summed E-state index contributed by atoms with van der Waals surface area (Å²) in [5.41, 5.74) is 8.97. The van der Waals surface area contributed by atoms with Crippen LogP contribution in [-0.2, 0) is 4.79 Å². The van der Waals surface area contributed by atoms with Crippen molar-refractivity contribution < 1.29 is 4.79 Å². The number of nitrogens with zero attached hydrogens (tertiary/aromatic N) is 1. The van der Waals surface area contributed by atoms with E-state index in [9.17, 15) is 4.79 Å². The maximum atomic E-state index is 13.2. The molecule has 0 radical (unpaired) electrons. The molecular formula is C23H18ClN3OS2. The minimum atomic E-state index is -0.428. The predicted molar refractivity (Wildman–Crippen MR) is 127 cm³/mol. The third-order valence-corrected chi connectivity index (χ3v) is 6.71. The Labute approximate surface area is 188 Å². The summed E-state index contributed by atoms with van der Waals surface area (Å²) in [6.45, 7) is 0. The standard InChI is InChI=1S/C23H18ClN3OS2/c24-19-9-5-4-8-18(19)20-14-29-23(26-20)27-22(28)21(15-6-2-1-3-7-15)30-17-12-10-16(25)11-13-17/h1-14,21H,25H2,(H,26,27,28). The SMILES string of the molecule is Nc1ccc(SC(C(=O)Nc2nc(-c3ccccc3Cl)cs2)c2ccccc2)cc1. The highest BCUT2D eigenvalue weighted by atomic mass is 35.5. The Morgan fingerprint density at radius 1 is 1.00 bits per heavy atom. The van der Waals surface area contributed by atoms with E-state index in [-0.39, 0.29) is 5.91 Å². The Bertz CT molecular complexity index is 1150. The molecule has 7 heteroatoms. The van der Waals surface area contributed by atoms with Crippen LogP contribution in [0.5, 0.6) is 0 Å². The van der Waals surface area contributed by atoms with Crippen LogP contribution in [0.25, 0.3) is 11.3 Å². The fraction of sp³-hybridized carbons (Fsp3) is 0.0435. The summed E-state index contributed by atoms with van der Waals surface area (Å²) in [6, 6.07) is 24.7. The summed E-state index contributed by atoms with van der Waals surface area (Å²) in [5.74, 6) is -0.136. The second kappa shape index (κ2) is 9.34. The van der Waals surface area contributed by atoms with Gasteiger partial charge in [-0.05, 0) is 35.9 Å². The molecule has 1 unspecified atom stereocenters. The maximum Gasteiger partial charge on any atom is 0.244 e. The third kappa shape index (κ3) is 4.84. The number of halogens is 1.